The van der Waals surface area contributed by atoms with Crippen LogP contribution in [0.25, 0.3) is 0 Å². The van der Waals surface area contributed by atoms with Gasteiger partial charge in [-0.1, -0.05) is 0 Å². The number of hydrogen-bond acceptors (Lipinski definition) is 5. The van der Waals surface area contributed by atoms with Crippen LogP contribution in [0.3, 0.4) is 0 Å². The van der Waals surface area contributed by atoms with Crippen LogP contribution in [0.5, 0.6) is 0 Å². The highest BCUT2D eigenvalue weighted by Gasteiger charge is 2.34. The molecular weight excluding hydrogens is 256 g/mol. The van der Waals surface area contributed by atoms with Crippen molar-refractivity contribution < 1.29 is 9.53 Å². The maximum atomic E-state index is 11.4. The van der Waals surface area contributed by atoms with E-state index in [9.17, 15) is 4.79 Å². The number of nitrogens with one attached hydrogen (secondary N) is 1. The molecule has 3 aliphatic heterocycles. The zero-order chi connectivity index (χ0) is 13.9. The lowest BCUT2D eigenvalue weighted by atomic mass is 10.2. The minimum absolute atomic E-state index is 0.189. The van der Waals surface area contributed by atoms with Crippen molar-refractivity contribution in [3.05, 3.63) is 0 Å². The predicted molar refractivity (Wildman–Crippen MR) is 75.9 cm³/mol. The van der Waals surface area contributed by atoms with Gasteiger partial charge in [0, 0.05) is 19.1 Å². The van der Waals surface area contributed by atoms with E-state index in [1.165, 1.54) is 32.4 Å². The molecule has 6 heteroatoms. The van der Waals surface area contributed by atoms with Crippen LogP contribution in [0.2, 0.25) is 0 Å². The average molecular weight is 282 g/mol. The lowest BCUT2D eigenvalue weighted by molar-refractivity contribution is -0.132. The molecule has 0 aromatic carbocycles. The monoisotopic (exact) mass is 282 g/mol. The second-order valence-corrected chi connectivity index (χ2v) is 6.28. The Morgan fingerprint density at radius 3 is 2.75 bits per heavy atom. The number of nitrogens with zero attached hydrogens (tertiary/aromatic N) is 2. The molecule has 3 heterocycles. The van der Waals surface area contributed by atoms with Crippen LogP contribution in [0.4, 0.5) is 0 Å². The number of amides is 1. The summed E-state index contributed by atoms with van der Waals surface area (Å²) in [6, 6.07) is 0.738. The molecule has 3 unspecified atom stereocenters. The first-order valence-corrected chi connectivity index (χ1v) is 7.88. The van der Waals surface area contributed by atoms with E-state index in [0.717, 1.165) is 38.5 Å². The lowest BCUT2D eigenvalue weighted by Crippen LogP contribution is -2.40. The largest absolute Gasteiger partial charge is 0.364 e. The highest BCUT2D eigenvalue weighted by molar-refractivity contribution is 5.80. The Bertz CT molecular complexity index is 346. The molecule has 3 atom stereocenters. The molecule has 3 N–H and O–H groups in total. The van der Waals surface area contributed by atoms with Gasteiger partial charge in [-0.3, -0.25) is 20.0 Å². The van der Waals surface area contributed by atoms with Crippen LogP contribution in [0, 0.1) is 0 Å². The first kappa shape index (κ1) is 14.3. The molecule has 3 aliphatic rings. The second kappa shape index (κ2) is 6.39. The van der Waals surface area contributed by atoms with Gasteiger partial charge in [0.05, 0.1) is 6.10 Å². The van der Waals surface area contributed by atoms with Crippen molar-refractivity contribution in [1.82, 2.24) is 15.2 Å². The Labute approximate surface area is 120 Å². The Hall–Kier alpha value is -0.690. The van der Waals surface area contributed by atoms with Gasteiger partial charge in [0.2, 0.25) is 0 Å². The van der Waals surface area contributed by atoms with Gasteiger partial charge in [0.15, 0.2) is 0 Å². The normalized spacial score (nSPS) is 35.8. The van der Waals surface area contributed by atoms with Crippen LogP contribution in [-0.4, -0.2) is 66.7 Å². The topological polar surface area (TPSA) is 70.8 Å². The van der Waals surface area contributed by atoms with Crippen molar-refractivity contribution in [3.8, 4) is 0 Å². The minimum atomic E-state index is -0.345. The van der Waals surface area contributed by atoms with Crippen LogP contribution >= 0.6 is 0 Å². The van der Waals surface area contributed by atoms with Crippen LogP contribution in [0.1, 0.15) is 32.1 Å². The van der Waals surface area contributed by atoms with E-state index in [0.29, 0.717) is 0 Å². The molecule has 3 fully saturated rings. The van der Waals surface area contributed by atoms with E-state index >= 15 is 0 Å². The Morgan fingerprint density at radius 1 is 1.20 bits per heavy atom. The second-order valence-electron chi connectivity index (χ2n) is 6.28. The fourth-order valence-electron chi connectivity index (χ4n) is 3.80. The first-order valence-electron chi connectivity index (χ1n) is 7.88. The molecular formula is C14H26N4O2. The molecule has 0 aromatic heterocycles. The molecule has 3 rings (SSSR count). The van der Waals surface area contributed by atoms with Crippen molar-refractivity contribution in [2.75, 3.05) is 32.7 Å². The number of carbonyl (C=O) groups excluding carboxylic acids is 1. The predicted octanol–water partition coefficient (Wildman–Crippen LogP) is -0.306. The first-order chi connectivity index (χ1) is 9.76. The number of hydrogen-bond donors (Lipinski definition) is 2. The third-order valence-electron chi connectivity index (χ3n) is 4.91. The zero-order valence-corrected chi connectivity index (χ0v) is 12.1. The van der Waals surface area contributed by atoms with Crippen molar-refractivity contribution >= 4 is 5.91 Å². The van der Waals surface area contributed by atoms with E-state index in [4.69, 9.17) is 10.6 Å². The zero-order valence-electron chi connectivity index (χ0n) is 12.1. The summed E-state index contributed by atoms with van der Waals surface area (Å²) in [6.07, 6.45) is 5.59. The molecule has 0 bridgehead atoms. The summed E-state index contributed by atoms with van der Waals surface area (Å²) in [6.45, 7) is 5.83. The van der Waals surface area contributed by atoms with Gasteiger partial charge >= 0.3 is 0 Å². The lowest BCUT2D eigenvalue weighted by Gasteiger charge is -2.25. The number of hydrazine groups is 1. The van der Waals surface area contributed by atoms with Gasteiger partial charge in [-0.05, 0) is 51.7 Å². The van der Waals surface area contributed by atoms with Gasteiger partial charge in [0.25, 0.3) is 5.91 Å². The summed E-state index contributed by atoms with van der Waals surface area (Å²) in [7, 11) is 0. The summed E-state index contributed by atoms with van der Waals surface area (Å²) in [5.41, 5.74) is 2.18. The van der Waals surface area contributed by atoms with Crippen molar-refractivity contribution in [2.24, 2.45) is 5.84 Å². The highest BCUT2D eigenvalue weighted by atomic mass is 16.5. The molecule has 3 saturated heterocycles. The van der Waals surface area contributed by atoms with Gasteiger partial charge < -0.3 is 4.74 Å². The maximum Gasteiger partial charge on any atom is 0.263 e. The van der Waals surface area contributed by atoms with Gasteiger partial charge in [0.1, 0.15) is 6.10 Å². The number of nitrogens with two attached hydrogens (primary N) is 1. The molecule has 6 nitrogen and oxygen atoms in total. The third-order valence-corrected chi connectivity index (χ3v) is 4.91. The van der Waals surface area contributed by atoms with Crippen molar-refractivity contribution in [3.63, 3.8) is 0 Å². The van der Waals surface area contributed by atoms with Gasteiger partial charge in [-0.2, -0.15) is 0 Å². The molecule has 114 valence electrons. The summed E-state index contributed by atoms with van der Waals surface area (Å²) >= 11 is 0. The Balaban J connectivity index is 1.42. The van der Waals surface area contributed by atoms with Gasteiger partial charge in [-0.15, -0.1) is 0 Å². The van der Waals surface area contributed by atoms with E-state index in [-0.39, 0.29) is 18.1 Å². The third kappa shape index (κ3) is 3.14. The van der Waals surface area contributed by atoms with E-state index in [1.54, 1.807) is 0 Å². The molecule has 0 aromatic rings. The quantitative estimate of drug-likeness (QED) is 0.421. The highest BCUT2D eigenvalue weighted by Crippen LogP contribution is 2.24. The van der Waals surface area contributed by atoms with Gasteiger partial charge in [-0.25, -0.2) is 5.84 Å². The Kier molecular flexibility index (Phi) is 4.55. The molecule has 0 aliphatic carbocycles. The van der Waals surface area contributed by atoms with E-state index in [1.807, 2.05) is 0 Å². The maximum absolute atomic E-state index is 11.4. The molecule has 0 saturated carbocycles. The number of likely N-dealkylation sites (tertiary alicyclic amines) is 2. The molecule has 20 heavy (non-hydrogen) atoms. The van der Waals surface area contributed by atoms with Crippen LogP contribution < -0.4 is 11.3 Å². The smallest absolute Gasteiger partial charge is 0.263 e. The average Bonchev–Trinajstić information content (AvgIpc) is 3.19. The van der Waals surface area contributed by atoms with Crippen LogP contribution in [-0.2, 0) is 9.53 Å². The van der Waals surface area contributed by atoms with E-state index in [2.05, 4.69) is 15.2 Å². The fraction of sp³-hybridized carbons (Fsp3) is 0.929. The summed E-state index contributed by atoms with van der Waals surface area (Å²) in [5.74, 6) is 4.96. The van der Waals surface area contributed by atoms with Crippen molar-refractivity contribution in [2.45, 2.75) is 50.4 Å². The Morgan fingerprint density at radius 2 is 2.00 bits per heavy atom. The number of rotatable bonds is 4. The summed E-state index contributed by atoms with van der Waals surface area (Å²) in [4.78, 5) is 16.6. The summed E-state index contributed by atoms with van der Waals surface area (Å²) < 4.78 is 5.79. The minimum Gasteiger partial charge on any atom is -0.364 e. The SMILES string of the molecule is NNC(=O)C1CCC(CN2CCC(N3CCCC3)C2)O1. The van der Waals surface area contributed by atoms with Crippen molar-refractivity contribution in [1.29, 1.82) is 0 Å². The standard InChI is InChI=1S/C14H26N4O2/c15-16-14(19)13-4-3-12(20-13)10-17-8-5-11(9-17)18-6-1-2-7-18/h11-13H,1-10,15H2,(H,16,19). The number of carbonyl (C=O) groups is 1. The molecule has 0 spiro atoms. The number of ether oxygens (including phenoxy) is 1. The van der Waals surface area contributed by atoms with E-state index < -0.39 is 0 Å². The fourth-order valence-corrected chi connectivity index (χ4v) is 3.80. The molecule has 1 amide bonds. The van der Waals surface area contributed by atoms with Crippen LogP contribution in [0.15, 0.2) is 0 Å². The molecule has 0 radical (unpaired) electrons. The summed E-state index contributed by atoms with van der Waals surface area (Å²) in [5, 5.41) is 0.